The predicted molar refractivity (Wildman–Crippen MR) is 64.6 cm³/mol. The maximum atomic E-state index is 11.8. The Morgan fingerprint density at radius 3 is 2.35 bits per heavy atom. The minimum absolute atomic E-state index is 0.193. The molecule has 4 N–H and O–H groups in total. The molecule has 0 unspecified atom stereocenters. The highest BCUT2D eigenvalue weighted by Gasteiger charge is 2.24. The summed E-state index contributed by atoms with van der Waals surface area (Å²) in [6.45, 7) is 3.46. The van der Waals surface area contributed by atoms with Crippen molar-refractivity contribution in [2.24, 2.45) is 5.92 Å². The number of nitrogen functional groups attached to an aromatic ring is 1. The van der Waals surface area contributed by atoms with Crippen LogP contribution in [-0.4, -0.2) is 23.0 Å². The van der Waals surface area contributed by atoms with E-state index in [2.05, 4.69) is 5.32 Å². The summed E-state index contributed by atoms with van der Waals surface area (Å²) < 4.78 is 0. The minimum atomic E-state index is -1.05. The Balaban J connectivity index is 2.85. The van der Waals surface area contributed by atoms with Gasteiger partial charge < -0.3 is 16.2 Å². The average Bonchev–Trinajstić information content (AvgIpc) is 2.25. The van der Waals surface area contributed by atoms with E-state index in [0.29, 0.717) is 11.3 Å². The highest BCUT2D eigenvalue weighted by molar-refractivity contribution is 6.00. The van der Waals surface area contributed by atoms with Crippen LogP contribution in [-0.2, 0) is 4.79 Å². The summed E-state index contributed by atoms with van der Waals surface area (Å²) in [5.41, 5.74) is 6.26. The van der Waals surface area contributed by atoms with Crippen molar-refractivity contribution in [1.82, 2.24) is 5.32 Å². The van der Waals surface area contributed by atoms with Gasteiger partial charge in [0.05, 0.1) is 5.56 Å². The van der Waals surface area contributed by atoms with E-state index < -0.39 is 17.9 Å². The van der Waals surface area contributed by atoms with Gasteiger partial charge in [-0.3, -0.25) is 4.79 Å². The van der Waals surface area contributed by atoms with E-state index in [9.17, 15) is 9.59 Å². The van der Waals surface area contributed by atoms with Gasteiger partial charge in [-0.2, -0.15) is 0 Å². The number of benzene rings is 1. The molecule has 0 spiro atoms. The Kier molecular flexibility index (Phi) is 4.09. The van der Waals surface area contributed by atoms with Crippen molar-refractivity contribution in [2.75, 3.05) is 5.73 Å². The number of carbonyl (C=O) groups excluding carboxylic acids is 1. The van der Waals surface area contributed by atoms with Gasteiger partial charge in [-0.15, -0.1) is 0 Å². The van der Waals surface area contributed by atoms with Crippen molar-refractivity contribution in [1.29, 1.82) is 0 Å². The number of aliphatic carboxylic acids is 1. The molecule has 5 heteroatoms. The van der Waals surface area contributed by atoms with Gasteiger partial charge in [-0.1, -0.05) is 26.0 Å². The van der Waals surface area contributed by atoms with Gasteiger partial charge >= 0.3 is 5.97 Å². The fourth-order valence-electron chi connectivity index (χ4n) is 1.44. The number of carboxylic acids is 1. The van der Waals surface area contributed by atoms with Crippen LogP contribution in [0.4, 0.5) is 5.69 Å². The van der Waals surface area contributed by atoms with E-state index in [4.69, 9.17) is 10.8 Å². The molecular weight excluding hydrogens is 220 g/mol. The zero-order valence-electron chi connectivity index (χ0n) is 9.81. The molecule has 0 heterocycles. The van der Waals surface area contributed by atoms with Gasteiger partial charge in [0.2, 0.25) is 0 Å². The monoisotopic (exact) mass is 236 g/mol. The number of anilines is 1. The Morgan fingerprint density at radius 1 is 1.29 bits per heavy atom. The minimum Gasteiger partial charge on any atom is -0.480 e. The first-order valence-corrected chi connectivity index (χ1v) is 5.31. The number of rotatable bonds is 4. The second-order valence-electron chi connectivity index (χ2n) is 4.12. The Morgan fingerprint density at radius 2 is 1.88 bits per heavy atom. The summed E-state index contributed by atoms with van der Waals surface area (Å²) in [5, 5.41) is 11.4. The third kappa shape index (κ3) is 3.21. The van der Waals surface area contributed by atoms with Crippen LogP contribution < -0.4 is 11.1 Å². The maximum absolute atomic E-state index is 11.8. The lowest BCUT2D eigenvalue weighted by atomic mass is 10.0. The molecule has 1 atom stereocenters. The molecule has 5 nitrogen and oxygen atoms in total. The van der Waals surface area contributed by atoms with Gasteiger partial charge in [0.15, 0.2) is 0 Å². The zero-order valence-corrected chi connectivity index (χ0v) is 9.81. The zero-order chi connectivity index (χ0) is 13.0. The first-order valence-electron chi connectivity index (χ1n) is 5.31. The van der Waals surface area contributed by atoms with E-state index in [1.165, 1.54) is 0 Å². The lowest BCUT2D eigenvalue weighted by Crippen LogP contribution is -2.44. The molecule has 1 aromatic carbocycles. The van der Waals surface area contributed by atoms with Crippen molar-refractivity contribution in [3.05, 3.63) is 29.8 Å². The van der Waals surface area contributed by atoms with E-state index in [1.807, 2.05) is 0 Å². The number of hydrogen-bond acceptors (Lipinski definition) is 3. The summed E-state index contributed by atoms with van der Waals surface area (Å²) >= 11 is 0. The second-order valence-corrected chi connectivity index (χ2v) is 4.12. The summed E-state index contributed by atoms with van der Waals surface area (Å²) in [6.07, 6.45) is 0. The maximum Gasteiger partial charge on any atom is 0.326 e. The summed E-state index contributed by atoms with van der Waals surface area (Å²) in [6, 6.07) is 5.63. The topological polar surface area (TPSA) is 92.4 Å². The number of para-hydroxylation sites is 1. The molecular formula is C12H16N2O3. The van der Waals surface area contributed by atoms with E-state index >= 15 is 0 Å². The molecule has 1 rings (SSSR count). The second kappa shape index (κ2) is 5.34. The fourth-order valence-corrected chi connectivity index (χ4v) is 1.44. The van der Waals surface area contributed by atoms with Crippen molar-refractivity contribution in [2.45, 2.75) is 19.9 Å². The van der Waals surface area contributed by atoms with Crippen molar-refractivity contribution in [3.63, 3.8) is 0 Å². The van der Waals surface area contributed by atoms with Crippen molar-refractivity contribution >= 4 is 17.6 Å². The molecule has 0 bridgehead atoms. The predicted octanol–water partition coefficient (Wildman–Crippen LogP) is 1.11. The number of carbonyl (C=O) groups is 2. The third-order valence-electron chi connectivity index (χ3n) is 2.42. The molecule has 0 fully saturated rings. The number of nitrogens with two attached hydrogens (primary N) is 1. The molecule has 1 amide bonds. The van der Waals surface area contributed by atoms with Crippen LogP contribution in [0.2, 0.25) is 0 Å². The van der Waals surface area contributed by atoms with E-state index in [-0.39, 0.29) is 5.92 Å². The normalized spacial score (nSPS) is 12.2. The molecule has 0 radical (unpaired) electrons. The number of carboxylic acid groups (broad SMARTS) is 1. The van der Waals surface area contributed by atoms with Crippen LogP contribution in [0.15, 0.2) is 24.3 Å². The molecule has 0 aliphatic rings. The molecule has 0 saturated heterocycles. The summed E-state index contributed by atoms with van der Waals surface area (Å²) in [4.78, 5) is 22.8. The Bertz CT molecular complexity index is 430. The van der Waals surface area contributed by atoms with Gasteiger partial charge in [0, 0.05) is 5.69 Å². The summed E-state index contributed by atoms with van der Waals surface area (Å²) in [7, 11) is 0. The SMILES string of the molecule is CC(C)[C@H](NC(=O)c1ccccc1N)C(=O)O. The van der Waals surface area contributed by atoms with Crippen molar-refractivity contribution < 1.29 is 14.7 Å². The molecule has 0 saturated carbocycles. The number of amides is 1. The van der Waals surface area contributed by atoms with Crippen LogP contribution in [0.25, 0.3) is 0 Å². The average molecular weight is 236 g/mol. The molecule has 0 aromatic heterocycles. The quantitative estimate of drug-likeness (QED) is 0.683. The van der Waals surface area contributed by atoms with Crippen LogP contribution in [0, 0.1) is 5.92 Å². The number of nitrogens with one attached hydrogen (secondary N) is 1. The highest BCUT2D eigenvalue weighted by atomic mass is 16.4. The molecule has 0 aliphatic carbocycles. The lowest BCUT2D eigenvalue weighted by Gasteiger charge is -2.18. The Labute approximate surface area is 99.6 Å². The molecule has 92 valence electrons. The van der Waals surface area contributed by atoms with Crippen LogP contribution >= 0.6 is 0 Å². The van der Waals surface area contributed by atoms with Gasteiger partial charge in [-0.25, -0.2) is 4.79 Å². The van der Waals surface area contributed by atoms with Gasteiger partial charge in [0.1, 0.15) is 6.04 Å². The summed E-state index contributed by atoms with van der Waals surface area (Å²) in [5.74, 6) is -1.71. The van der Waals surface area contributed by atoms with Gasteiger partial charge in [-0.05, 0) is 18.1 Å². The molecule has 1 aromatic rings. The largest absolute Gasteiger partial charge is 0.480 e. The van der Waals surface area contributed by atoms with Crippen LogP contribution in [0.5, 0.6) is 0 Å². The smallest absolute Gasteiger partial charge is 0.326 e. The molecule has 17 heavy (non-hydrogen) atoms. The highest BCUT2D eigenvalue weighted by Crippen LogP contribution is 2.11. The first kappa shape index (κ1) is 13.0. The standard InChI is InChI=1S/C12H16N2O3/c1-7(2)10(12(16)17)14-11(15)8-5-3-4-6-9(8)13/h3-7,10H,13H2,1-2H3,(H,14,15)(H,16,17)/t10-/m0/s1. The van der Waals surface area contributed by atoms with Crippen LogP contribution in [0.1, 0.15) is 24.2 Å². The molecule has 0 aliphatic heterocycles. The first-order chi connectivity index (χ1) is 7.93. The Hall–Kier alpha value is -2.04. The third-order valence-corrected chi connectivity index (χ3v) is 2.42. The van der Waals surface area contributed by atoms with Crippen molar-refractivity contribution in [3.8, 4) is 0 Å². The van der Waals surface area contributed by atoms with E-state index in [1.54, 1.807) is 38.1 Å². The lowest BCUT2D eigenvalue weighted by molar-refractivity contribution is -0.140. The van der Waals surface area contributed by atoms with E-state index in [0.717, 1.165) is 0 Å². The fraction of sp³-hybridized carbons (Fsp3) is 0.333. The number of hydrogen-bond donors (Lipinski definition) is 3. The van der Waals surface area contributed by atoms with Gasteiger partial charge in [0.25, 0.3) is 5.91 Å². The van der Waals surface area contributed by atoms with Crippen LogP contribution in [0.3, 0.4) is 0 Å².